The first kappa shape index (κ1) is 13.8. The van der Waals surface area contributed by atoms with Crippen molar-refractivity contribution in [3.8, 4) is 0 Å². The van der Waals surface area contributed by atoms with Crippen molar-refractivity contribution in [3.05, 3.63) is 35.4 Å². The molecule has 0 saturated heterocycles. The molecule has 0 heterocycles. The lowest BCUT2D eigenvalue weighted by molar-refractivity contribution is 0.0933. The summed E-state index contributed by atoms with van der Waals surface area (Å²) in [4.78, 5) is 13.8. The molecule has 0 aliphatic heterocycles. The van der Waals surface area contributed by atoms with E-state index in [0.717, 1.165) is 31.6 Å². The highest BCUT2D eigenvalue weighted by molar-refractivity contribution is 5.97. The second kappa shape index (κ2) is 6.45. The molecule has 1 aromatic carbocycles. The summed E-state index contributed by atoms with van der Waals surface area (Å²) in [6, 6.07) is 3.26. The molecule has 0 saturated carbocycles. The van der Waals surface area contributed by atoms with Gasteiger partial charge >= 0.3 is 0 Å². The van der Waals surface area contributed by atoms with E-state index in [0.29, 0.717) is 0 Å². The Morgan fingerprint density at radius 3 is 2.47 bits per heavy atom. The minimum Gasteiger partial charge on any atom is -0.296 e. The standard InChI is InChI=1S/C13H17F2NO/c1-3-7-16(4-2)9-13(17)10-5-6-11(14)12(15)8-10/h5-6,8H,3-4,7,9H2,1-2H3. The number of halogens is 2. The molecule has 0 unspecified atom stereocenters. The molecule has 0 spiro atoms. The van der Waals surface area contributed by atoms with Gasteiger partial charge in [-0.05, 0) is 37.7 Å². The summed E-state index contributed by atoms with van der Waals surface area (Å²) < 4.78 is 25.7. The Bertz CT molecular complexity index is 393. The van der Waals surface area contributed by atoms with Crippen molar-refractivity contribution >= 4 is 5.78 Å². The molecule has 0 aliphatic carbocycles. The van der Waals surface area contributed by atoms with E-state index in [9.17, 15) is 13.6 Å². The van der Waals surface area contributed by atoms with Crippen LogP contribution in [0.1, 0.15) is 30.6 Å². The van der Waals surface area contributed by atoms with E-state index in [1.54, 1.807) is 0 Å². The Labute approximate surface area is 100 Å². The zero-order chi connectivity index (χ0) is 12.8. The van der Waals surface area contributed by atoms with Gasteiger partial charge in [-0.3, -0.25) is 9.69 Å². The first-order valence-corrected chi connectivity index (χ1v) is 5.79. The van der Waals surface area contributed by atoms with Crippen LogP contribution in [0.5, 0.6) is 0 Å². The van der Waals surface area contributed by atoms with E-state index >= 15 is 0 Å². The Hall–Kier alpha value is -1.29. The zero-order valence-corrected chi connectivity index (χ0v) is 10.2. The number of carbonyl (C=O) groups is 1. The number of nitrogens with zero attached hydrogens (tertiary/aromatic N) is 1. The molecule has 94 valence electrons. The minimum atomic E-state index is -0.977. The molecule has 0 fully saturated rings. The lowest BCUT2D eigenvalue weighted by atomic mass is 10.1. The highest BCUT2D eigenvalue weighted by Gasteiger charge is 2.12. The quantitative estimate of drug-likeness (QED) is 0.714. The fraction of sp³-hybridized carbons (Fsp3) is 0.462. The molecule has 0 N–H and O–H groups in total. The molecule has 0 bridgehead atoms. The molecule has 0 aliphatic rings. The van der Waals surface area contributed by atoms with E-state index < -0.39 is 11.6 Å². The molecule has 1 rings (SSSR count). The lowest BCUT2D eigenvalue weighted by Gasteiger charge is -2.18. The van der Waals surface area contributed by atoms with E-state index in [-0.39, 0.29) is 17.9 Å². The fourth-order valence-corrected chi connectivity index (χ4v) is 1.63. The van der Waals surface area contributed by atoms with E-state index in [1.807, 2.05) is 18.7 Å². The normalized spacial score (nSPS) is 10.9. The van der Waals surface area contributed by atoms with Gasteiger partial charge in [0.05, 0.1) is 6.54 Å². The van der Waals surface area contributed by atoms with Crippen molar-refractivity contribution in [3.63, 3.8) is 0 Å². The maximum Gasteiger partial charge on any atom is 0.176 e. The Morgan fingerprint density at radius 2 is 1.94 bits per heavy atom. The number of hydrogen-bond acceptors (Lipinski definition) is 2. The van der Waals surface area contributed by atoms with Crippen LogP contribution in [0, 0.1) is 11.6 Å². The third kappa shape index (κ3) is 3.89. The number of ketones is 1. The Balaban J connectivity index is 2.72. The molecule has 4 heteroatoms. The smallest absolute Gasteiger partial charge is 0.176 e. The number of carbonyl (C=O) groups excluding carboxylic acids is 1. The number of Topliss-reactive ketones (excluding diaryl/α,β-unsaturated/α-hetero) is 1. The first-order valence-electron chi connectivity index (χ1n) is 5.79. The average Bonchev–Trinajstić information content (AvgIpc) is 2.31. The van der Waals surface area contributed by atoms with E-state index in [1.165, 1.54) is 6.07 Å². The highest BCUT2D eigenvalue weighted by Crippen LogP contribution is 2.10. The van der Waals surface area contributed by atoms with E-state index in [2.05, 4.69) is 0 Å². The van der Waals surface area contributed by atoms with Gasteiger partial charge in [-0.1, -0.05) is 13.8 Å². The summed E-state index contributed by atoms with van der Waals surface area (Å²) in [5.74, 6) is -2.09. The summed E-state index contributed by atoms with van der Waals surface area (Å²) in [7, 11) is 0. The van der Waals surface area contributed by atoms with Gasteiger partial charge in [0.15, 0.2) is 17.4 Å². The van der Waals surface area contributed by atoms with Crippen LogP contribution in [0.3, 0.4) is 0 Å². The molecule has 17 heavy (non-hydrogen) atoms. The van der Waals surface area contributed by atoms with Crippen LogP contribution in [0.25, 0.3) is 0 Å². The second-order valence-electron chi connectivity index (χ2n) is 3.92. The monoisotopic (exact) mass is 241 g/mol. The minimum absolute atomic E-state index is 0.181. The third-order valence-electron chi connectivity index (χ3n) is 2.60. The largest absolute Gasteiger partial charge is 0.296 e. The van der Waals surface area contributed by atoms with Gasteiger partial charge in [-0.2, -0.15) is 0 Å². The van der Waals surface area contributed by atoms with Gasteiger partial charge in [-0.25, -0.2) is 8.78 Å². The van der Waals surface area contributed by atoms with Crippen molar-refractivity contribution in [1.82, 2.24) is 4.90 Å². The summed E-state index contributed by atoms with van der Waals surface area (Å²) in [5, 5.41) is 0. The molecule has 0 amide bonds. The first-order chi connectivity index (χ1) is 8.08. The second-order valence-corrected chi connectivity index (χ2v) is 3.92. The van der Waals surface area contributed by atoms with Crippen molar-refractivity contribution in [1.29, 1.82) is 0 Å². The Morgan fingerprint density at radius 1 is 1.24 bits per heavy atom. The average molecular weight is 241 g/mol. The predicted octanol–water partition coefficient (Wildman–Crippen LogP) is 2.88. The van der Waals surface area contributed by atoms with Crippen LogP contribution in [0.2, 0.25) is 0 Å². The molecule has 1 aromatic rings. The van der Waals surface area contributed by atoms with Gasteiger partial charge in [-0.15, -0.1) is 0 Å². The lowest BCUT2D eigenvalue weighted by Crippen LogP contribution is -2.30. The van der Waals surface area contributed by atoms with Gasteiger partial charge in [0, 0.05) is 5.56 Å². The van der Waals surface area contributed by atoms with Gasteiger partial charge in [0.1, 0.15) is 0 Å². The van der Waals surface area contributed by atoms with Crippen LogP contribution in [-0.2, 0) is 0 Å². The molecule has 0 radical (unpaired) electrons. The van der Waals surface area contributed by atoms with Crippen LogP contribution in [-0.4, -0.2) is 30.3 Å². The van der Waals surface area contributed by atoms with E-state index in [4.69, 9.17) is 0 Å². The van der Waals surface area contributed by atoms with Crippen molar-refractivity contribution in [2.75, 3.05) is 19.6 Å². The maximum absolute atomic E-state index is 13.0. The molecular formula is C13H17F2NO. The van der Waals surface area contributed by atoms with Gasteiger partial charge in [0.2, 0.25) is 0 Å². The van der Waals surface area contributed by atoms with Crippen molar-refractivity contribution < 1.29 is 13.6 Å². The molecule has 0 aromatic heterocycles. The summed E-state index contributed by atoms with van der Waals surface area (Å²) in [6.45, 7) is 5.84. The molecular weight excluding hydrogens is 224 g/mol. The van der Waals surface area contributed by atoms with Crippen molar-refractivity contribution in [2.24, 2.45) is 0 Å². The van der Waals surface area contributed by atoms with Crippen LogP contribution >= 0.6 is 0 Å². The van der Waals surface area contributed by atoms with Crippen LogP contribution in [0.15, 0.2) is 18.2 Å². The van der Waals surface area contributed by atoms with Crippen LogP contribution in [0.4, 0.5) is 8.78 Å². The number of rotatable bonds is 6. The zero-order valence-electron chi connectivity index (χ0n) is 10.2. The number of hydrogen-bond donors (Lipinski definition) is 0. The summed E-state index contributed by atoms with van der Waals surface area (Å²) in [6.07, 6.45) is 0.957. The highest BCUT2D eigenvalue weighted by atomic mass is 19.2. The fourth-order valence-electron chi connectivity index (χ4n) is 1.63. The maximum atomic E-state index is 13.0. The molecule has 2 nitrogen and oxygen atoms in total. The topological polar surface area (TPSA) is 20.3 Å². The molecule has 0 atom stereocenters. The third-order valence-corrected chi connectivity index (χ3v) is 2.60. The number of benzene rings is 1. The van der Waals surface area contributed by atoms with Gasteiger partial charge < -0.3 is 0 Å². The predicted molar refractivity (Wildman–Crippen MR) is 63.1 cm³/mol. The van der Waals surface area contributed by atoms with Gasteiger partial charge in [0.25, 0.3) is 0 Å². The number of likely N-dealkylation sites (N-methyl/N-ethyl adjacent to an activating group) is 1. The summed E-state index contributed by atoms with van der Waals surface area (Å²) >= 11 is 0. The SMILES string of the molecule is CCCN(CC)CC(=O)c1ccc(F)c(F)c1. The van der Waals surface area contributed by atoms with Crippen molar-refractivity contribution in [2.45, 2.75) is 20.3 Å². The summed E-state index contributed by atoms with van der Waals surface area (Å²) in [5.41, 5.74) is 0.221. The Kier molecular flexibility index (Phi) is 5.22. The van der Waals surface area contributed by atoms with Crippen LogP contribution < -0.4 is 0 Å².